The summed E-state index contributed by atoms with van der Waals surface area (Å²) in [5, 5.41) is 1.62. The van der Waals surface area contributed by atoms with Gasteiger partial charge in [0, 0.05) is 10.8 Å². The van der Waals surface area contributed by atoms with Crippen molar-refractivity contribution < 1.29 is 0 Å². The topological polar surface area (TPSA) is 25.8 Å². The minimum absolute atomic E-state index is 0.506. The summed E-state index contributed by atoms with van der Waals surface area (Å²) in [7, 11) is 0. The molecule has 1 atom stereocenters. The Morgan fingerprint density at radius 1 is 1.18 bits per heavy atom. The Morgan fingerprint density at radius 3 is 2.24 bits per heavy atom. The lowest BCUT2D eigenvalue weighted by molar-refractivity contribution is 0.882. The van der Waals surface area contributed by atoms with Crippen LogP contribution in [0.4, 0.5) is 0 Å². The first-order chi connectivity index (χ1) is 8.08. The van der Waals surface area contributed by atoms with Crippen molar-refractivity contribution in [1.29, 1.82) is 0 Å². The largest absolute Gasteiger partial charge is 0.220 e. The van der Waals surface area contributed by atoms with E-state index in [0.717, 1.165) is 36.4 Å². The van der Waals surface area contributed by atoms with Gasteiger partial charge in [-0.05, 0) is 12.8 Å². The molecule has 1 aromatic rings. The first kappa shape index (κ1) is 15.1. The van der Waals surface area contributed by atoms with Crippen LogP contribution in [0.1, 0.15) is 45.0 Å². The molecule has 0 aromatic carbocycles. The van der Waals surface area contributed by atoms with Gasteiger partial charge in [0.05, 0.1) is 5.75 Å². The van der Waals surface area contributed by atoms with E-state index in [9.17, 15) is 0 Å². The highest BCUT2D eigenvalue weighted by atomic mass is 35.5. The first-order valence-electron chi connectivity index (χ1n) is 5.90. The third kappa shape index (κ3) is 4.65. The SMILES string of the molecule is CCCc1c(Cl)nc(CSC(C)CC)nc1Cl. The van der Waals surface area contributed by atoms with Crippen molar-refractivity contribution in [3.05, 3.63) is 21.7 Å². The van der Waals surface area contributed by atoms with Gasteiger partial charge in [-0.25, -0.2) is 9.97 Å². The van der Waals surface area contributed by atoms with Gasteiger partial charge in [-0.2, -0.15) is 11.8 Å². The Labute approximate surface area is 118 Å². The van der Waals surface area contributed by atoms with E-state index >= 15 is 0 Å². The highest BCUT2D eigenvalue weighted by molar-refractivity contribution is 7.99. The molecule has 5 heteroatoms. The zero-order chi connectivity index (χ0) is 12.8. The molecule has 1 heterocycles. The number of hydrogen-bond acceptors (Lipinski definition) is 3. The predicted octanol–water partition coefficient (Wildman–Crippen LogP) is 4.77. The molecule has 0 aliphatic rings. The van der Waals surface area contributed by atoms with Crippen molar-refractivity contribution in [3.8, 4) is 0 Å². The third-order valence-electron chi connectivity index (χ3n) is 2.52. The zero-order valence-corrected chi connectivity index (χ0v) is 12.8. The Hall–Kier alpha value is 0.01000. The second kappa shape index (κ2) is 7.45. The number of hydrogen-bond donors (Lipinski definition) is 0. The van der Waals surface area contributed by atoms with Crippen LogP contribution < -0.4 is 0 Å². The van der Waals surface area contributed by atoms with Gasteiger partial charge in [-0.3, -0.25) is 0 Å². The second-order valence-electron chi connectivity index (χ2n) is 3.98. The van der Waals surface area contributed by atoms with Gasteiger partial charge in [0.2, 0.25) is 0 Å². The van der Waals surface area contributed by atoms with E-state index in [-0.39, 0.29) is 0 Å². The molecule has 17 heavy (non-hydrogen) atoms. The standard InChI is InChI=1S/C12H18Cl2N2S/c1-4-6-9-11(13)15-10(16-12(9)14)7-17-8(3)5-2/h8H,4-7H2,1-3H3. The highest BCUT2D eigenvalue weighted by Gasteiger charge is 2.11. The van der Waals surface area contributed by atoms with Crippen LogP contribution in [0.15, 0.2) is 0 Å². The van der Waals surface area contributed by atoms with Gasteiger partial charge in [-0.1, -0.05) is 50.4 Å². The highest BCUT2D eigenvalue weighted by Crippen LogP contribution is 2.25. The molecule has 96 valence electrons. The summed E-state index contributed by atoms with van der Waals surface area (Å²) in [4.78, 5) is 8.62. The number of halogens is 2. The lowest BCUT2D eigenvalue weighted by Crippen LogP contribution is -2.02. The molecule has 0 spiro atoms. The minimum Gasteiger partial charge on any atom is -0.220 e. The Balaban J connectivity index is 2.76. The molecule has 2 nitrogen and oxygen atoms in total. The number of nitrogens with zero attached hydrogens (tertiary/aromatic N) is 2. The Kier molecular flexibility index (Phi) is 6.60. The van der Waals surface area contributed by atoms with Gasteiger partial charge in [0.25, 0.3) is 0 Å². The molecule has 0 fully saturated rings. The molecule has 1 unspecified atom stereocenters. The van der Waals surface area contributed by atoms with Crippen LogP contribution in [-0.4, -0.2) is 15.2 Å². The Bertz CT molecular complexity index is 349. The molecule has 0 amide bonds. The van der Waals surface area contributed by atoms with Gasteiger partial charge in [-0.15, -0.1) is 0 Å². The van der Waals surface area contributed by atoms with Crippen LogP contribution in [-0.2, 0) is 12.2 Å². The molecule has 1 aromatic heterocycles. The van der Waals surface area contributed by atoms with Crippen molar-refractivity contribution >= 4 is 35.0 Å². The van der Waals surface area contributed by atoms with Crippen molar-refractivity contribution in [2.75, 3.05) is 0 Å². The van der Waals surface area contributed by atoms with E-state index < -0.39 is 0 Å². The average molecular weight is 293 g/mol. The monoisotopic (exact) mass is 292 g/mol. The summed E-state index contributed by atoms with van der Waals surface area (Å²) in [6.07, 6.45) is 2.96. The summed E-state index contributed by atoms with van der Waals surface area (Å²) in [5.74, 6) is 1.49. The summed E-state index contributed by atoms with van der Waals surface area (Å²) in [6, 6.07) is 0. The van der Waals surface area contributed by atoms with Crippen molar-refractivity contribution in [2.24, 2.45) is 0 Å². The lowest BCUT2D eigenvalue weighted by atomic mass is 10.2. The fourth-order valence-corrected chi connectivity index (χ4v) is 2.74. The number of rotatable bonds is 6. The molecule has 0 saturated heterocycles. The van der Waals surface area contributed by atoms with Gasteiger partial charge in [0.1, 0.15) is 16.1 Å². The molecule has 0 aliphatic heterocycles. The fraction of sp³-hybridized carbons (Fsp3) is 0.667. The van der Waals surface area contributed by atoms with Gasteiger partial charge >= 0.3 is 0 Å². The summed E-state index contributed by atoms with van der Waals surface area (Å²) in [5.41, 5.74) is 0.869. The number of aromatic nitrogens is 2. The fourth-order valence-electron chi connectivity index (χ4n) is 1.33. The van der Waals surface area contributed by atoms with E-state index in [1.165, 1.54) is 0 Å². The van der Waals surface area contributed by atoms with Crippen molar-refractivity contribution in [3.63, 3.8) is 0 Å². The van der Waals surface area contributed by atoms with Crippen LogP contribution in [0.3, 0.4) is 0 Å². The van der Waals surface area contributed by atoms with E-state index in [0.29, 0.717) is 15.6 Å². The smallest absolute Gasteiger partial charge is 0.141 e. The quantitative estimate of drug-likeness (QED) is 0.707. The second-order valence-corrected chi connectivity index (χ2v) is 6.12. The van der Waals surface area contributed by atoms with Crippen molar-refractivity contribution in [2.45, 2.75) is 51.0 Å². The summed E-state index contributed by atoms with van der Waals surface area (Å²) >= 11 is 14.1. The maximum absolute atomic E-state index is 6.12. The summed E-state index contributed by atoms with van der Waals surface area (Å²) in [6.45, 7) is 6.45. The van der Waals surface area contributed by atoms with Gasteiger partial charge < -0.3 is 0 Å². The lowest BCUT2D eigenvalue weighted by Gasteiger charge is -2.09. The van der Waals surface area contributed by atoms with Crippen LogP contribution >= 0.6 is 35.0 Å². The maximum Gasteiger partial charge on any atom is 0.141 e. The summed E-state index contributed by atoms with van der Waals surface area (Å²) < 4.78 is 0. The molecular weight excluding hydrogens is 275 g/mol. The molecule has 0 saturated carbocycles. The molecule has 0 bridgehead atoms. The van der Waals surface area contributed by atoms with E-state index in [2.05, 4.69) is 30.7 Å². The predicted molar refractivity (Wildman–Crippen MR) is 77.1 cm³/mol. The molecule has 0 radical (unpaired) electrons. The normalized spacial score (nSPS) is 12.8. The maximum atomic E-state index is 6.12. The molecule has 0 aliphatic carbocycles. The van der Waals surface area contributed by atoms with Crippen LogP contribution in [0.5, 0.6) is 0 Å². The molecule has 1 rings (SSSR count). The average Bonchev–Trinajstić information content (AvgIpc) is 2.30. The molecule has 0 N–H and O–H groups in total. The minimum atomic E-state index is 0.506. The van der Waals surface area contributed by atoms with Crippen LogP contribution in [0, 0.1) is 0 Å². The first-order valence-corrected chi connectivity index (χ1v) is 7.71. The van der Waals surface area contributed by atoms with E-state index in [1.54, 1.807) is 0 Å². The van der Waals surface area contributed by atoms with E-state index in [4.69, 9.17) is 23.2 Å². The van der Waals surface area contributed by atoms with Crippen molar-refractivity contribution in [1.82, 2.24) is 9.97 Å². The third-order valence-corrected chi connectivity index (χ3v) is 4.48. The van der Waals surface area contributed by atoms with Gasteiger partial charge in [0.15, 0.2) is 0 Å². The Morgan fingerprint density at radius 2 is 1.76 bits per heavy atom. The van der Waals surface area contributed by atoms with Crippen LogP contribution in [0.25, 0.3) is 0 Å². The zero-order valence-electron chi connectivity index (χ0n) is 10.5. The number of thioether (sulfide) groups is 1. The molecular formula is C12H18Cl2N2S. The van der Waals surface area contributed by atoms with Crippen LogP contribution in [0.2, 0.25) is 10.3 Å². The van der Waals surface area contributed by atoms with E-state index in [1.807, 2.05) is 11.8 Å².